The smallest absolute Gasteiger partial charge is 0.274 e. The van der Waals surface area contributed by atoms with Gasteiger partial charge in [0, 0.05) is 49.1 Å². The average molecular weight is 584 g/mol. The van der Waals surface area contributed by atoms with E-state index in [1.54, 1.807) is 23.0 Å². The van der Waals surface area contributed by atoms with Crippen LogP contribution in [0.3, 0.4) is 0 Å². The molecular formula is C33H37N5O3S. The van der Waals surface area contributed by atoms with E-state index in [0.29, 0.717) is 18.1 Å². The summed E-state index contributed by atoms with van der Waals surface area (Å²) in [7, 11) is 1.75. The van der Waals surface area contributed by atoms with E-state index in [2.05, 4.69) is 26.6 Å². The van der Waals surface area contributed by atoms with Crippen LogP contribution in [0.2, 0.25) is 0 Å². The van der Waals surface area contributed by atoms with Gasteiger partial charge >= 0.3 is 0 Å². The largest absolute Gasteiger partial charge is 0.380 e. The number of thiophene rings is 1. The maximum Gasteiger partial charge on any atom is 0.274 e. The molecule has 1 aliphatic heterocycles. The minimum absolute atomic E-state index is 0.0710. The second-order valence-electron chi connectivity index (χ2n) is 11.1. The number of hydrogen-bond acceptors (Lipinski definition) is 7. The molecule has 4 heterocycles. The Bertz CT molecular complexity index is 1610. The Hall–Kier alpha value is -3.95. The van der Waals surface area contributed by atoms with E-state index in [4.69, 9.17) is 4.74 Å². The highest BCUT2D eigenvalue weighted by Crippen LogP contribution is 2.32. The third-order valence-corrected chi connectivity index (χ3v) is 9.38. The predicted octanol–water partition coefficient (Wildman–Crippen LogP) is 6.31. The Labute approximate surface area is 250 Å². The second kappa shape index (κ2) is 12.5. The van der Waals surface area contributed by atoms with Crippen molar-refractivity contribution in [1.29, 1.82) is 0 Å². The zero-order chi connectivity index (χ0) is 29.1. The van der Waals surface area contributed by atoms with Crippen LogP contribution in [0, 0.1) is 6.92 Å². The number of benzene rings is 1. The van der Waals surface area contributed by atoms with Gasteiger partial charge in [0.1, 0.15) is 11.5 Å². The molecule has 0 spiro atoms. The van der Waals surface area contributed by atoms with Crippen LogP contribution in [0.25, 0.3) is 11.1 Å². The van der Waals surface area contributed by atoms with E-state index in [-0.39, 0.29) is 11.5 Å². The number of carbonyl (C=O) groups is 1. The Kier molecular flexibility index (Phi) is 8.39. The van der Waals surface area contributed by atoms with Gasteiger partial charge in [0.25, 0.3) is 11.5 Å². The summed E-state index contributed by atoms with van der Waals surface area (Å²) in [6, 6.07) is 13.7. The van der Waals surface area contributed by atoms with Crippen LogP contribution >= 0.6 is 11.3 Å². The van der Waals surface area contributed by atoms with Gasteiger partial charge in [-0.15, -0.1) is 11.3 Å². The number of nitrogens with one attached hydrogen (secondary N) is 2. The third-order valence-electron chi connectivity index (χ3n) is 8.14. The second-order valence-corrected chi connectivity index (χ2v) is 12.2. The summed E-state index contributed by atoms with van der Waals surface area (Å²) >= 11 is 1.63. The lowest BCUT2D eigenvalue weighted by molar-refractivity contribution is 0.103. The highest BCUT2D eigenvalue weighted by Gasteiger charge is 2.18. The fourth-order valence-corrected chi connectivity index (χ4v) is 6.93. The molecule has 1 fully saturated rings. The van der Waals surface area contributed by atoms with E-state index in [1.807, 2.05) is 55.7 Å². The maximum absolute atomic E-state index is 13.2. The summed E-state index contributed by atoms with van der Waals surface area (Å²) in [4.78, 5) is 35.3. The minimum atomic E-state index is -0.145. The predicted molar refractivity (Wildman–Crippen MR) is 171 cm³/mol. The highest BCUT2D eigenvalue weighted by atomic mass is 32.1. The summed E-state index contributed by atoms with van der Waals surface area (Å²) in [5.74, 6) is 0.532. The molecule has 8 nitrogen and oxygen atoms in total. The van der Waals surface area contributed by atoms with Crippen LogP contribution < -0.4 is 21.1 Å². The summed E-state index contributed by atoms with van der Waals surface area (Å²) in [6.45, 7) is 5.27. The molecule has 4 aromatic rings. The normalized spacial score (nSPS) is 15.4. The average Bonchev–Trinajstić information content (AvgIpc) is 3.14. The SMILES string of the molecule is Cc1c(NC(=O)c2cc3c(s2)CCCCC3)cccc1-c1cc(Nc2ccc(N3CCCOCC3)cn2)c(=O)n(C)c1. The van der Waals surface area contributed by atoms with Gasteiger partial charge < -0.3 is 24.8 Å². The van der Waals surface area contributed by atoms with Gasteiger partial charge in [-0.05, 0) is 86.1 Å². The quantitative estimate of drug-likeness (QED) is 0.259. The van der Waals surface area contributed by atoms with E-state index < -0.39 is 0 Å². The summed E-state index contributed by atoms with van der Waals surface area (Å²) in [6.07, 6.45) is 10.4. The summed E-state index contributed by atoms with van der Waals surface area (Å²) in [5.41, 5.74) is 6.19. The van der Waals surface area contributed by atoms with Gasteiger partial charge in [0.2, 0.25) is 0 Å². The van der Waals surface area contributed by atoms with Crippen molar-refractivity contribution < 1.29 is 9.53 Å². The van der Waals surface area contributed by atoms with E-state index in [0.717, 1.165) is 71.9 Å². The van der Waals surface area contributed by atoms with Crippen molar-refractivity contribution in [3.05, 3.63) is 86.1 Å². The van der Waals surface area contributed by atoms with Crippen LogP contribution in [0.5, 0.6) is 0 Å². The number of carbonyl (C=O) groups excluding carboxylic acids is 1. The van der Waals surface area contributed by atoms with Gasteiger partial charge in [-0.2, -0.15) is 0 Å². The fourth-order valence-electron chi connectivity index (χ4n) is 5.78. The highest BCUT2D eigenvalue weighted by molar-refractivity contribution is 7.14. The number of ether oxygens (including phenoxy) is 1. The van der Waals surface area contributed by atoms with Crippen molar-refractivity contribution in [2.75, 3.05) is 41.8 Å². The van der Waals surface area contributed by atoms with E-state index >= 15 is 0 Å². The molecule has 42 heavy (non-hydrogen) atoms. The van der Waals surface area contributed by atoms with Gasteiger partial charge in [0.05, 0.1) is 23.4 Å². The molecule has 2 N–H and O–H groups in total. The summed E-state index contributed by atoms with van der Waals surface area (Å²) in [5, 5.41) is 6.37. The van der Waals surface area contributed by atoms with Crippen molar-refractivity contribution in [2.45, 2.75) is 45.4 Å². The van der Waals surface area contributed by atoms with Crippen LogP contribution in [0.1, 0.15) is 51.4 Å². The molecule has 1 aliphatic carbocycles. The molecule has 218 valence electrons. The Morgan fingerprint density at radius 1 is 1.00 bits per heavy atom. The molecule has 0 atom stereocenters. The molecular weight excluding hydrogens is 546 g/mol. The van der Waals surface area contributed by atoms with Crippen molar-refractivity contribution in [2.24, 2.45) is 7.05 Å². The van der Waals surface area contributed by atoms with E-state index in [9.17, 15) is 9.59 Å². The first-order valence-corrected chi connectivity index (χ1v) is 15.6. The minimum Gasteiger partial charge on any atom is -0.380 e. The van der Waals surface area contributed by atoms with Gasteiger partial charge in [0.15, 0.2) is 0 Å². The third kappa shape index (κ3) is 6.12. The molecule has 1 aromatic carbocycles. The van der Waals surface area contributed by atoms with Gasteiger partial charge in [-0.1, -0.05) is 18.6 Å². The molecule has 0 radical (unpaired) electrons. The maximum atomic E-state index is 13.2. The molecule has 0 unspecified atom stereocenters. The molecule has 6 rings (SSSR count). The first-order valence-electron chi connectivity index (χ1n) is 14.8. The van der Waals surface area contributed by atoms with Crippen molar-refractivity contribution in [3.8, 4) is 11.1 Å². The molecule has 0 saturated carbocycles. The number of fused-ring (bicyclic) bond motifs is 1. The first-order chi connectivity index (χ1) is 20.5. The number of anilines is 4. The molecule has 9 heteroatoms. The van der Waals surface area contributed by atoms with Crippen LogP contribution in [0.15, 0.2) is 59.7 Å². The summed E-state index contributed by atoms with van der Waals surface area (Å²) < 4.78 is 7.14. The Morgan fingerprint density at radius 2 is 1.88 bits per heavy atom. The zero-order valence-corrected chi connectivity index (χ0v) is 25.1. The van der Waals surface area contributed by atoms with Crippen LogP contribution in [0.4, 0.5) is 22.9 Å². The molecule has 0 bridgehead atoms. The van der Waals surface area contributed by atoms with Crippen molar-refractivity contribution in [1.82, 2.24) is 9.55 Å². The lowest BCUT2D eigenvalue weighted by Crippen LogP contribution is -2.26. The lowest BCUT2D eigenvalue weighted by atomic mass is 10.00. The number of hydrogen-bond donors (Lipinski definition) is 2. The number of rotatable bonds is 6. The van der Waals surface area contributed by atoms with Gasteiger partial charge in [-0.25, -0.2) is 4.98 Å². The fraction of sp³-hybridized carbons (Fsp3) is 0.364. The lowest BCUT2D eigenvalue weighted by Gasteiger charge is -2.21. The number of pyridine rings is 2. The van der Waals surface area contributed by atoms with Crippen molar-refractivity contribution in [3.63, 3.8) is 0 Å². The molecule has 2 aliphatic rings. The zero-order valence-electron chi connectivity index (χ0n) is 24.2. The Morgan fingerprint density at radius 3 is 2.74 bits per heavy atom. The molecule has 1 amide bonds. The first kappa shape index (κ1) is 28.2. The van der Waals surface area contributed by atoms with Crippen molar-refractivity contribution >= 4 is 40.1 Å². The molecule has 1 saturated heterocycles. The number of aromatic nitrogens is 2. The topological polar surface area (TPSA) is 88.5 Å². The monoisotopic (exact) mass is 583 g/mol. The number of aryl methyl sites for hydroxylation is 3. The van der Waals surface area contributed by atoms with Crippen LogP contribution in [-0.4, -0.2) is 41.8 Å². The standard InChI is InChI=1S/C33H37N5O3S/c1-22-26(9-6-10-27(22)36-32(39)30-19-23-8-4-3-5-11-29(23)42-30)24-18-28(33(40)37(2)21-24)35-31-13-12-25(20-34-31)38-14-7-16-41-17-15-38/h6,9-10,12-13,18-21H,3-5,7-8,11,14-17H2,1-2H3,(H,34,35)(H,36,39). The van der Waals surface area contributed by atoms with Gasteiger partial charge in [-0.3, -0.25) is 9.59 Å². The Balaban J connectivity index is 1.22. The van der Waals surface area contributed by atoms with Crippen LogP contribution in [-0.2, 0) is 24.6 Å². The number of nitrogens with zero attached hydrogens (tertiary/aromatic N) is 3. The number of amides is 1. The van der Waals surface area contributed by atoms with E-state index in [1.165, 1.54) is 29.7 Å². The molecule has 3 aromatic heterocycles.